The van der Waals surface area contributed by atoms with Crippen molar-refractivity contribution in [2.45, 2.75) is 27.3 Å². The van der Waals surface area contributed by atoms with Crippen molar-refractivity contribution >= 4 is 11.9 Å². The van der Waals surface area contributed by atoms with E-state index in [9.17, 15) is 9.59 Å². The van der Waals surface area contributed by atoms with E-state index in [2.05, 4.69) is 15.5 Å². The van der Waals surface area contributed by atoms with Gasteiger partial charge < -0.3 is 9.64 Å². The van der Waals surface area contributed by atoms with E-state index in [-0.39, 0.29) is 24.9 Å². The fourth-order valence-electron chi connectivity index (χ4n) is 1.55. The SMILES string of the molecule is CCOC(=O)CN(CC(C)C)C(=O)Cn1cnnn1. The van der Waals surface area contributed by atoms with Crippen LogP contribution in [0.5, 0.6) is 0 Å². The Labute approximate surface area is 111 Å². The van der Waals surface area contributed by atoms with E-state index in [1.54, 1.807) is 6.92 Å². The van der Waals surface area contributed by atoms with Gasteiger partial charge in [-0.25, -0.2) is 4.68 Å². The zero-order chi connectivity index (χ0) is 14.3. The Bertz CT molecular complexity index is 404. The van der Waals surface area contributed by atoms with Crippen LogP contribution in [0.2, 0.25) is 0 Å². The number of carbonyl (C=O) groups is 2. The van der Waals surface area contributed by atoms with Crippen molar-refractivity contribution in [1.29, 1.82) is 0 Å². The van der Waals surface area contributed by atoms with Crippen LogP contribution in [-0.2, 0) is 20.9 Å². The van der Waals surface area contributed by atoms with Crippen molar-refractivity contribution < 1.29 is 14.3 Å². The van der Waals surface area contributed by atoms with Gasteiger partial charge in [-0.05, 0) is 23.3 Å². The Kier molecular flexibility index (Phi) is 5.91. The van der Waals surface area contributed by atoms with Crippen LogP contribution in [0.1, 0.15) is 20.8 Å². The zero-order valence-electron chi connectivity index (χ0n) is 11.4. The number of ether oxygens (including phenoxy) is 1. The minimum atomic E-state index is -0.409. The minimum absolute atomic E-state index is 0.0130. The monoisotopic (exact) mass is 269 g/mol. The summed E-state index contributed by atoms with van der Waals surface area (Å²) in [5, 5.41) is 10.5. The average molecular weight is 269 g/mol. The molecule has 8 nitrogen and oxygen atoms in total. The van der Waals surface area contributed by atoms with Gasteiger partial charge in [-0.1, -0.05) is 13.8 Å². The van der Waals surface area contributed by atoms with E-state index in [0.29, 0.717) is 13.2 Å². The van der Waals surface area contributed by atoms with Gasteiger partial charge in [0.05, 0.1) is 6.61 Å². The molecule has 0 aliphatic carbocycles. The Balaban J connectivity index is 2.61. The van der Waals surface area contributed by atoms with Gasteiger partial charge in [-0.15, -0.1) is 5.10 Å². The molecule has 8 heteroatoms. The van der Waals surface area contributed by atoms with Crippen LogP contribution in [0.4, 0.5) is 0 Å². The third kappa shape index (κ3) is 5.45. The Morgan fingerprint density at radius 2 is 2.16 bits per heavy atom. The summed E-state index contributed by atoms with van der Waals surface area (Å²) in [6.45, 7) is 6.43. The largest absolute Gasteiger partial charge is 0.465 e. The fraction of sp³-hybridized carbons (Fsp3) is 0.727. The van der Waals surface area contributed by atoms with Crippen molar-refractivity contribution in [2.24, 2.45) is 5.92 Å². The lowest BCUT2D eigenvalue weighted by atomic mass is 10.2. The first kappa shape index (κ1) is 15.1. The number of amides is 1. The summed E-state index contributed by atoms with van der Waals surface area (Å²) in [6, 6.07) is 0. The molecular formula is C11H19N5O3. The topological polar surface area (TPSA) is 90.2 Å². The van der Waals surface area contributed by atoms with Crippen LogP contribution in [-0.4, -0.2) is 56.7 Å². The second-order valence-electron chi connectivity index (χ2n) is 4.48. The summed E-state index contributed by atoms with van der Waals surface area (Å²) in [5.74, 6) is -0.366. The van der Waals surface area contributed by atoms with Crippen LogP contribution in [0, 0.1) is 5.92 Å². The highest BCUT2D eigenvalue weighted by molar-refractivity contribution is 5.81. The van der Waals surface area contributed by atoms with E-state index < -0.39 is 5.97 Å². The van der Waals surface area contributed by atoms with Crippen molar-refractivity contribution in [3.63, 3.8) is 0 Å². The maximum atomic E-state index is 12.1. The zero-order valence-corrected chi connectivity index (χ0v) is 11.4. The molecule has 106 valence electrons. The molecule has 0 aromatic carbocycles. The number of tetrazole rings is 1. The molecule has 1 aromatic rings. The summed E-state index contributed by atoms with van der Waals surface area (Å²) in [5.41, 5.74) is 0. The summed E-state index contributed by atoms with van der Waals surface area (Å²) < 4.78 is 6.18. The fourth-order valence-corrected chi connectivity index (χ4v) is 1.55. The Morgan fingerprint density at radius 1 is 1.42 bits per heavy atom. The van der Waals surface area contributed by atoms with Gasteiger partial charge in [-0.3, -0.25) is 9.59 Å². The summed E-state index contributed by atoms with van der Waals surface area (Å²) in [6.07, 6.45) is 1.36. The second kappa shape index (κ2) is 7.45. The summed E-state index contributed by atoms with van der Waals surface area (Å²) >= 11 is 0. The van der Waals surface area contributed by atoms with Gasteiger partial charge in [0.15, 0.2) is 0 Å². The number of carbonyl (C=O) groups excluding carboxylic acids is 2. The first-order valence-corrected chi connectivity index (χ1v) is 6.17. The number of hydrogen-bond donors (Lipinski definition) is 0. The molecule has 0 aliphatic rings. The van der Waals surface area contributed by atoms with E-state index >= 15 is 0 Å². The summed E-state index contributed by atoms with van der Waals surface area (Å²) in [7, 11) is 0. The van der Waals surface area contributed by atoms with E-state index in [4.69, 9.17) is 4.74 Å². The standard InChI is InChI=1S/C11H19N5O3/c1-4-19-11(18)7-15(5-9(2)3)10(17)6-16-8-12-13-14-16/h8-9H,4-7H2,1-3H3. The third-order valence-corrected chi connectivity index (χ3v) is 2.25. The molecule has 1 heterocycles. The predicted molar refractivity (Wildman–Crippen MR) is 65.9 cm³/mol. The highest BCUT2D eigenvalue weighted by Gasteiger charge is 2.19. The highest BCUT2D eigenvalue weighted by Crippen LogP contribution is 2.01. The minimum Gasteiger partial charge on any atom is -0.465 e. The van der Waals surface area contributed by atoms with E-state index in [1.807, 2.05) is 13.8 Å². The Morgan fingerprint density at radius 3 is 2.68 bits per heavy atom. The van der Waals surface area contributed by atoms with Gasteiger partial charge >= 0.3 is 5.97 Å². The lowest BCUT2D eigenvalue weighted by Gasteiger charge is -2.23. The lowest BCUT2D eigenvalue weighted by molar-refractivity contribution is -0.149. The van der Waals surface area contributed by atoms with Gasteiger partial charge in [0.25, 0.3) is 0 Å². The summed E-state index contributed by atoms with van der Waals surface area (Å²) in [4.78, 5) is 25.0. The molecule has 19 heavy (non-hydrogen) atoms. The maximum absolute atomic E-state index is 12.1. The first-order chi connectivity index (χ1) is 9.02. The lowest BCUT2D eigenvalue weighted by Crippen LogP contribution is -2.40. The van der Waals surface area contributed by atoms with Crippen LogP contribution < -0.4 is 0 Å². The third-order valence-electron chi connectivity index (χ3n) is 2.25. The molecule has 0 aliphatic heterocycles. The van der Waals surface area contributed by atoms with Gasteiger partial charge in [0.1, 0.15) is 19.4 Å². The van der Waals surface area contributed by atoms with Crippen LogP contribution >= 0.6 is 0 Å². The van der Waals surface area contributed by atoms with Crippen molar-refractivity contribution in [2.75, 3.05) is 19.7 Å². The molecule has 1 rings (SSSR count). The molecule has 0 N–H and O–H groups in total. The second-order valence-corrected chi connectivity index (χ2v) is 4.48. The molecule has 0 saturated heterocycles. The van der Waals surface area contributed by atoms with Crippen molar-refractivity contribution in [3.05, 3.63) is 6.33 Å². The quantitative estimate of drug-likeness (QED) is 0.632. The number of hydrogen-bond acceptors (Lipinski definition) is 6. The molecule has 0 fully saturated rings. The first-order valence-electron chi connectivity index (χ1n) is 6.17. The van der Waals surface area contributed by atoms with Gasteiger partial charge in [0, 0.05) is 6.54 Å². The highest BCUT2D eigenvalue weighted by atomic mass is 16.5. The smallest absolute Gasteiger partial charge is 0.325 e. The van der Waals surface area contributed by atoms with Crippen LogP contribution in [0.3, 0.4) is 0 Å². The number of esters is 1. The van der Waals surface area contributed by atoms with Crippen LogP contribution in [0.25, 0.3) is 0 Å². The molecule has 0 unspecified atom stereocenters. The molecule has 1 aromatic heterocycles. The predicted octanol–water partition coefficient (Wildman–Crippen LogP) is -0.279. The number of rotatable bonds is 7. The molecular weight excluding hydrogens is 250 g/mol. The molecule has 0 saturated carbocycles. The van der Waals surface area contributed by atoms with E-state index in [0.717, 1.165) is 0 Å². The van der Waals surface area contributed by atoms with Crippen molar-refractivity contribution in [3.8, 4) is 0 Å². The number of nitrogens with zero attached hydrogens (tertiary/aromatic N) is 5. The van der Waals surface area contributed by atoms with Crippen LogP contribution in [0.15, 0.2) is 6.33 Å². The molecule has 0 radical (unpaired) electrons. The normalized spacial score (nSPS) is 10.5. The Hall–Kier alpha value is -1.99. The molecule has 0 spiro atoms. The molecule has 1 amide bonds. The maximum Gasteiger partial charge on any atom is 0.325 e. The molecule has 0 atom stereocenters. The van der Waals surface area contributed by atoms with Gasteiger partial charge in [-0.2, -0.15) is 0 Å². The molecule has 0 bridgehead atoms. The average Bonchev–Trinajstić information content (AvgIpc) is 2.80. The van der Waals surface area contributed by atoms with Crippen molar-refractivity contribution in [1.82, 2.24) is 25.1 Å². The number of aromatic nitrogens is 4. The van der Waals surface area contributed by atoms with Gasteiger partial charge in [0.2, 0.25) is 5.91 Å². The van der Waals surface area contributed by atoms with E-state index in [1.165, 1.54) is 15.9 Å².